The van der Waals surface area contributed by atoms with Crippen molar-refractivity contribution in [1.82, 2.24) is 0 Å². The first kappa shape index (κ1) is 15.1. The van der Waals surface area contributed by atoms with Gasteiger partial charge < -0.3 is 19.9 Å². The summed E-state index contributed by atoms with van der Waals surface area (Å²) >= 11 is 0. The van der Waals surface area contributed by atoms with Gasteiger partial charge in [0.2, 0.25) is 0 Å². The van der Waals surface area contributed by atoms with Gasteiger partial charge in [-0.15, -0.1) is 0 Å². The number of methoxy groups -OCH3 is 2. The van der Waals surface area contributed by atoms with Crippen molar-refractivity contribution in [3.63, 3.8) is 0 Å². The van der Waals surface area contributed by atoms with Gasteiger partial charge in [-0.25, -0.2) is 0 Å². The number of carbonyl (C=O) groups excluding carboxylic acids is 1. The first-order valence-electron chi connectivity index (χ1n) is 6.29. The van der Waals surface area contributed by atoms with Crippen LogP contribution in [-0.4, -0.2) is 26.8 Å². The molecule has 0 aliphatic carbocycles. The Morgan fingerprint density at radius 2 is 2.05 bits per heavy atom. The van der Waals surface area contributed by atoms with E-state index in [-0.39, 0.29) is 5.97 Å². The molecule has 0 amide bonds. The Balaban J connectivity index is 2.91. The highest BCUT2D eigenvalue weighted by Crippen LogP contribution is 2.36. The molecule has 1 aromatic rings. The summed E-state index contributed by atoms with van der Waals surface area (Å²) in [5.74, 6) is 0.894. The molecule has 0 atom stereocenters. The Bertz CT molecular complexity index is 432. The van der Waals surface area contributed by atoms with Gasteiger partial charge in [0, 0.05) is 6.42 Å². The van der Waals surface area contributed by atoms with Crippen LogP contribution in [0.15, 0.2) is 12.1 Å². The molecule has 0 heterocycles. The summed E-state index contributed by atoms with van der Waals surface area (Å²) in [6, 6.07) is 3.64. The summed E-state index contributed by atoms with van der Waals surface area (Å²) < 4.78 is 15.5. The summed E-state index contributed by atoms with van der Waals surface area (Å²) in [5, 5.41) is 0. The molecule has 0 bridgehead atoms. The van der Waals surface area contributed by atoms with Crippen LogP contribution in [0.3, 0.4) is 0 Å². The number of ether oxygens (including phenoxy) is 3. The number of hydrogen-bond acceptors (Lipinski definition) is 5. The molecule has 1 aromatic carbocycles. The van der Waals surface area contributed by atoms with Gasteiger partial charge in [0.25, 0.3) is 0 Å². The van der Waals surface area contributed by atoms with Crippen LogP contribution in [0.25, 0.3) is 0 Å². The maximum atomic E-state index is 11.2. The van der Waals surface area contributed by atoms with E-state index in [1.54, 1.807) is 13.2 Å². The lowest BCUT2D eigenvalue weighted by molar-refractivity contribution is -0.140. The number of esters is 1. The molecule has 0 spiro atoms. The highest BCUT2D eigenvalue weighted by molar-refractivity contribution is 5.71. The van der Waals surface area contributed by atoms with Gasteiger partial charge in [-0.1, -0.05) is 13.0 Å². The van der Waals surface area contributed by atoms with Crippen LogP contribution < -0.4 is 15.2 Å². The fraction of sp³-hybridized carbons (Fsp3) is 0.500. The number of anilines is 1. The molecule has 0 saturated carbocycles. The molecule has 0 saturated heterocycles. The largest absolute Gasteiger partial charge is 0.493 e. The molecule has 0 radical (unpaired) electrons. The standard InChI is InChI=1S/C14H21NO4/c1-4-9-19-14-11(17-2)7-5-10(13(14)15)6-8-12(16)18-3/h5,7H,4,6,8-9,15H2,1-3H3. The third-order valence-electron chi connectivity index (χ3n) is 2.75. The lowest BCUT2D eigenvalue weighted by atomic mass is 10.1. The third kappa shape index (κ3) is 4.05. The maximum Gasteiger partial charge on any atom is 0.305 e. The summed E-state index contributed by atoms with van der Waals surface area (Å²) in [4.78, 5) is 11.2. The molecule has 1 rings (SSSR count). The SMILES string of the molecule is CCCOc1c(OC)ccc(CCC(=O)OC)c1N. The van der Waals surface area contributed by atoms with Crippen molar-refractivity contribution < 1.29 is 19.0 Å². The fourth-order valence-corrected chi connectivity index (χ4v) is 1.69. The predicted octanol–water partition coefficient (Wildman–Crippen LogP) is 2.17. The van der Waals surface area contributed by atoms with Crippen molar-refractivity contribution >= 4 is 11.7 Å². The molecule has 106 valence electrons. The highest BCUT2D eigenvalue weighted by Gasteiger charge is 2.14. The topological polar surface area (TPSA) is 70.8 Å². The van der Waals surface area contributed by atoms with Crippen LogP contribution in [0.1, 0.15) is 25.3 Å². The fourth-order valence-electron chi connectivity index (χ4n) is 1.69. The second kappa shape index (κ2) is 7.51. The van der Waals surface area contributed by atoms with E-state index in [1.165, 1.54) is 7.11 Å². The lowest BCUT2D eigenvalue weighted by Crippen LogP contribution is -2.07. The molecule has 0 aliphatic rings. The molecular weight excluding hydrogens is 246 g/mol. The van der Waals surface area contributed by atoms with E-state index >= 15 is 0 Å². The summed E-state index contributed by atoms with van der Waals surface area (Å²) in [6.07, 6.45) is 1.69. The molecule has 0 unspecified atom stereocenters. The average molecular weight is 267 g/mol. The van der Waals surface area contributed by atoms with Crippen LogP contribution >= 0.6 is 0 Å². The van der Waals surface area contributed by atoms with Crippen molar-refractivity contribution in [2.45, 2.75) is 26.2 Å². The van der Waals surface area contributed by atoms with Gasteiger partial charge in [0.1, 0.15) is 0 Å². The first-order valence-corrected chi connectivity index (χ1v) is 6.29. The Labute approximate surface area is 113 Å². The average Bonchev–Trinajstić information content (AvgIpc) is 2.44. The molecule has 0 fully saturated rings. The molecule has 0 aliphatic heterocycles. The Morgan fingerprint density at radius 1 is 1.32 bits per heavy atom. The van der Waals surface area contributed by atoms with Gasteiger partial charge in [-0.3, -0.25) is 4.79 Å². The van der Waals surface area contributed by atoms with Crippen molar-refractivity contribution in [1.29, 1.82) is 0 Å². The van der Waals surface area contributed by atoms with Crippen LogP contribution in [0.5, 0.6) is 11.5 Å². The van der Waals surface area contributed by atoms with Crippen LogP contribution in [-0.2, 0) is 16.0 Å². The first-order chi connectivity index (χ1) is 9.13. The zero-order valence-electron chi connectivity index (χ0n) is 11.7. The van der Waals surface area contributed by atoms with E-state index in [4.69, 9.17) is 15.2 Å². The van der Waals surface area contributed by atoms with E-state index in [1.807, 2.05) is 13.0 Å². The van der Waals surface area contributed by atoms with E-state index in [0.29, 0.717) is 36.6 Å². The van der Waals surface area contributed by atoms with E-state index in [2.05, 4.69) is 4.74 Å². The monoisotopic (exact) mass is 267 g/mol. The number of nitrogens with two attached hydrogens (primary N) is 1. The Morgan fingerprint density at radius 3 is 2.63 bits per heavy atom. The zero-order valence-corrected chi connectivity index (χ0v) is 11.7. The second-order valence-electron chi connectivity index (χ2n) is 4.09. The van der Waals surface area contributed by atoms with Gasteiger partial charge in [0.15, 0.2) is 11.5 Å². The summed E-state index contributed by atoms with van der Waals surface area (Å²) in [6.45, 7) is 2.59. The molecule has 5 heteroatoms. The van der Waals surface area contributed by atoms with Gasteiger partial charge in [0.05, 0.1) is 26.5 Å². The second-order valence-corrected chi connectivity index (χ2v) is 4.09. The molecule has 19 heavy (non-hydrogen) atoms. The maximum absolute atomic E-state index is 11.2. The number of nitrogen functional groups attached to an aromatic ring is 1. The van der Waals surface area contributed by atoms with E-state index in [9.17, 15) is 4.79 Å². The molecule has 5 nitrogen and oxygen atoms in total. The minimum absolute atomic E-state index is 0.258. The lowest BCUT2D eigenvalue weighted by Gasteiger charge is -2.15. The van der Waals surface area contributed by atoms with Crippen LogP contribution in [0.2, 0.25) is 0 Å². The quantitative estimate of drug-likeness (QED) is 0.605. The van der Waals surface area contributed by atoms with Gasteiger partial charge in [-0.05, 0) is 24.5 Å². The van der Waals surface area contributed by atoms with Crippen molar-refractivity contribution in [2.75, 3.05) is 26.6 Å². The van der Waals surface area contributed by atoms with Gasteiger partial charge in [-0.2, -0.15) is 0 Å². The number of aryl methyl sites for hydroxylation is 1. The van der Waals surface area contributed by atoms with Gasteiger partial charge >= 0.3 is 5.97 Å². The number of benzene rings is 1. The predicted molar refractivity (Wildman–Crippen MR) is 73.5 cm³/mol. The summed E-state index contributed by atoms with van der Waals surface area (Å²) in [7, 11) is 2.94. The smallest absolute Gasteiger partial charge is 0.305 e. The highest BCUT2D eigenvalue weighted by atomic mass is 16.5. The van der Waals surface area contributed by atoms with Crippen molar-refractivity contribution in [3.8, 4) is 11.5 Å². The molecule has 2 N–H and O–H groups in total. The number of carbonyl (C=O) groups is 1. The normalized spacial score (nSPS) is 10.1. The number of rotatable bonds is 7. The third-order valence-corrected chi connectivity index (χ3v) is 2.75. The van der Waals surface area contributed by atoms with Crippen molar-refractivity contribution in [3.05, 3.63) is 17.7 Å². The number of hydrogen-bond donors (Lipinski definition) is 1. The summed E-state index contributed by atoms with van der Waals surface area (Å²) in [5.41, 5.74) is 7.45. The molecule has 0 aromatic heterocycles. The van der Waals surface area contributed by atoms with Crippen molar-refractivity contribution in [2.24, 2.45) is 0 Å². The minimum atomic E-state index is -0.258. The Hall–Kier alpha value is -1.91. The minimum Gasteiger partial charge on any atom is -0.493 e. The van der Waals surface area contributed by atoms with E-state index in [0.717, 1.165) is 12.0 Å². The molecular formula is C14H21NO4. The van der Waals surface area contributed by atoms with Crippen LogP contribution in [0.4, 0.5) is 5.69 Å². The zero-order chi connectivity index (χ0) is 14.3. The Kier molecular flexibility index (Phi) is 5.99. The van der Waals surface area contributed by atoms with Crippen LogP contribution in [0, 0.1) is 0 Å². The van der Waals surface area contributed by atoms with E-state index < -0.39 is 0 Å².